The second-order valence-electron chi connectivity index (χ2n) is 8.30. The number of thioether (sulfide) groups is 1. The fraction of sp³-hybridized carbons (Fsp3) is 0.148. The van der Waals surface area contributed by atoms with E-state index in [0.717, 1.165) is 38.4 Å². The predicted molar refractivity (Wildman–Crippen MR) is 146 cm³/mol. The number of nitrogens with zero attached hydrogens (tertiary/aromatic N) is 2. The van der Waals surface area contributed by atoms with Gasteiger partial charge in [0, 0.05) is 18.8 Å². The third-order valence-electron chi connectivity index (χ3n) is 5.42. The Morgan fingerprint density at radius 1 is 1.00 bits per heavy atom. The molecule has 6 nitrogen and oxygen atoms in total. The number of nitrogens with one attached hydrogen (secondary N) is 1. The number of carboxylic acid groups (broad SMARTS) is 1. The summed E-state index contributed by atoms with van der Waals surface area (Å²) in [5, 5.41) is 17.3. The SMILES string of the molecule is Cc1ccc(-c2nn(C)cc2SCC(=O)Nc2ccc(-c3ccc(CC(=O)O)cc3)cc2Cl)c(Cl)c1. The van der Waals surface area contributed by atoms with Crippen LogP contribution in [0, 0.1) is 6.92 Å². The number of rotatable bonds is 8. The van der Waals surface area contributed by atoms with Gasteiger partial charge in [-0.2, -0.15) is 5.10 Å². The molecular weight excluding hydrogens is 517 g/mol. The van der Waals surface area contributed by atoms with E-state index in [4.69, 9.17) is 28.3 Å². The van der Waals surface area contributed by atoms with E-state index in [2.05, 4.69) is 10.4 Å². The Morgan fingerprint density at radius 3 is 2.39 bits per heavy atom. The van der Waals surface area contributed by atoms with Crippen molar-refractivity contribution >= 4 is 52.5 Å². The van der Waals surface area contributed by atoms with Crippen LogP contribution in [0.15, 0.2) is 71.8 Å². The molecule has 4 aromatic rings. The first-order valence-corrected chi connectivity index (χ1v) is 12.8. The molecule has 0 aliphatic carbocycles. The molecule has 3 aromatic carbocycles. The molecular formula is C27H23Cl2N3O3S. The average molecular weight is 540 g/mol. The average Bonchev–Trinajstić information content (AvgIpc) is 3.19. The quantitative estimate of drug-likeness (QED) is 0.242. The van der Waals surface area contributed by atoms with Crippen LogP contribution in [-0.2, 0) is 23.1 Å². The number of carboxylic acids is 1. The van der Waals surface area contributed by atoms with Gasteiger partial charge in [0.2, 0.25) is 5.91 Å². The van der Waals surface area contributed by atoms with Gasteiger partial charge in [-0.15, -0.1) is 11.8 Å². The minimum atomic E-state index is -0.872. The summed E-state index contributed by atoms with van der Waals surface area (Å²) in [6, 6.07) is 18.5. The molecule has 4 rings (SSSR count). The zero-order valence-corrected chi connectivity index (χ0v) is 21.9. The van der Waals surface area contributed by atoms with Gasteiger partial charge in [-0.1, -0.05) is 65.7 Å². The van der Waals surface area contributed by atoms with Crippen molar-refractivity contribution in [3.8, 4) is 22.4 Å². The summed E-state index contributed by atoms with van der Waals surface area (Å²) in [5.41, 5.74) is 5.62. The van der Waals surface area contributed by atoms with Crippen LogP contribution in [0.1, 0.15) is 11.1 Å². The second kappa shape index (κ2) is 11.2. The lowest BCUT2D eigenvalue weighted by Crippen LogP contribution is -2.14. The first kappa shape index (κ1) is 25.8. The van der Waals surface area contributed by atoms with Crippen LogP contribution in [-0.4, -0.2) is 32.5 Å². The molecule has 1 amide bonds. The van der Waals surface area contributed by atoms with Gasteiger partial charge in [-0.3, -0.25) is 14.3 Å². The molecule has 1 aromatic heterocycles. The van der Waals surface area contributed by atoms with Crippen LogP contribution in [0.5, 0.6) is 0 Å². The Morgan fingerprint density at radius 2 is 1.72 bits per heavy atom. The predicted octanol–water partition coefficient (Wildman–Crippen LogP) is 6.73. The van der Waals surface area contributed by atoms with Gasteiger partial charge in [-0.05, 0) is 47.4 Å². The van der Waals surface area contributed by atoms with Crippen molar-refractivity contribution in [3.05, 3.63) is 88.0 Å². The Kier molecular flexibility index (Phi) is 8.04. The lowest BCUT2D eigenvalue weighted by Gasteiger charge is -2.10. The number of anilines is 1. The van der Waals surface area contributed by atoms with E-state index in [1.807, 2.05) is 56.6 Å². The summed E-state index contributed by atoms with van der Waals surface area (Å²) < 4.78 is 1.70. The number of benzene rings is 3. The highest BCUT2D eigenvalue weighted by molar-refractivity contribution is 8.00. The second-order valence-corrected chi connectivity index (χ2v) is 10.1. The van der Waals surface area contributed by atoms with Crippen molar-refractivity contribution in [2.24, 2.45) is 7.05 Å². The molecule has 0 unspecified atom stereocenters. The summed E-state index contributed by atoms with van der Waals surface area (Å²) in [7, 11) is 1.83. The maximum Gasteiger partial charge on any atom is 0.307 e. The van der Waals surface area contributed by atoms with Crippen molar-refractivity contribution < 1.29 is 14.7 Å². The molecule has 0 spiro atoms. The number of halogens is 2. The maximum absolute atomic E-state index is 12.7. The summed E-state index contributed by atoms with van der Waals surface area (Å²) in [5.74, 6) is -0.897. The van der Waals surface area contributed by atoms with Gasteiger partial charge in [-0.25, -0.2) is 0 Å². The fourth-order valence-electron chi connectivity index (χ4n) is 3.69. The summed E-state index contributed by atoms with van der Waals surface area (Å²) in [6.45, 7) is 1.98. The highest BCUT2D eigenvalue weighted by Gasteiger charge is 2.16. The van der Waals surface area contributed by atoms with E-state index in [0.29, 0.717) is 15.7 Å². The summed E-state index contributed by atoms with van der Waals surface area (Å²) in [6.07, 6.45) is 1.84. The number of hydrogen-bond donors (Lipinski definition) is 2. The van der Waals surface area contributed by atoms with Gasteiger partial charge in [0.15, 0.2) is 0 Å². The van der Waals surface area contributed by atoms with Crippen molar-refractivity contribution in [1.82, 2.24) is 9.78 Å². The number of hydrogen-bond acceptors (Lipinski definition) is 4. The number of carbonyl (C=O) groups excluding carboxylic acids is 1. The summed E-state index contributed by atoms with van der Waals surface area (Å²) in [4.78, 5) is 24.4. The van der Waals surface area contributed by atoms with E-state index in [1.165, 1.54) is 11.8 Å². The molecule has 36 heavy (non-hydrogen) atoms. The Balaban J connectivity index is 1.42. The Bertz CT molecular complexity index is 1430. The third-order valence-corrected chi connectivity index (χ3v) is 7.06. The molecule has 9 heteroatoms. The monoisotopic (exact) mass is 539 g/mol. The molecule has 184 valence electrons. The van der Waals surface area contributed by atoms with Crippen LogP contribution in [0.25, 0.3) is 22.4 Å². The summed E-state index contributed by atoms with van der Waals surface area (Å²) >= 11 is 14.3. The molecule has 0 fully saturated rings. The van der Waals surface area contributed by atoms with Crippen LogP contribution in [0.2, 0.25) is 10.0 Å². The van der Waals surface area contributed by atoms with E-state index < -0.39 is 5.97 Å². The van der Waals surface area contributed by atoms with Crippen LogP contribution >= 0.6 is 35.0 Å². The smallest absolute Gasteiger partial charge is 0.307 e. The largest absolute Gasteiger partial charge is 0.481 e. The third kappa shape index (κ3) is 6.29. The lowest BCUT2D eigenvalue weighted by atomic mass is 10.0. The molecule has 0 radical (unpaired) electrons. The van der Waals surface area contributed by atoms with Crippen molar-refractivity contribution in [3.63, 3.8) is 0 Å². The molecule has 0 saturated heterocycles. The van der Waals surface area contributed by atoms with Gasteiger partial charge >= 0.3 is 5.97 Å². The molecule has 1 heterocycles. The van der Waals surface area contributed by atoms with Crippen molar-refractivity contribution in [2.45, 2.75) is 18.2 Å². The minimum absolute atomic E-state index is 0.0252. The standard InChI is InChI=1S/C27H23Cl2N3O3S/c1-16-3-9-20(21(28)11-16)27-24(14-32(2)31-27)36-15-25(33)30-23-10-8-19(13-22(23)29)18-6-4-17(5-7-18)12-26(34)35/h3-11,13-14H,12,15H2,1-2H3,(H,30,33)(H,34,35). The maximum atomic E-state index is 12.7. The first-order valence-electron chi connectivity index (χ1n) is 11.0. The normalized spacial score (nSPS) is 10.9. The zero-order chi connectivity index (χ0) is 25.8. The lowest BCUT2D eigenvalue weighted by molar-refractivity contribution is -0.136. The number of aromatic nitrogens is 2. The van der Waals surface area contributed by atoms with Gasteiger partial charge in [0.25, 0.3) is 0 Å². The van der Waals surface area contributed by atoms with Crippen molar-refractivity contribution in [2.75, 3.05) is 11.1 Å². The molecule has 2 N–H and O–H groups in total. The number of aliphatic carboxylic acids is 1. The Hall–Kier alpha value is -3.26. The van der Waals surface area contributed by atoms with Crippen LogP contribution < -0.4 is 5.32 Å². The zero-order valence-electron chi connectivity index (χ0n) is 19.6. The molecule has 0 aliphatic heterocycles. The van der Waals surface area contributed by atoms with E-state index >= 15 is 0 Å². The van der Waals surface area contributed by atoms with Gasteiger partial charge < -0.3 is 10.4 Å². The highest BCUT2D eigenvalue weighted by Crippen LogP contribution is 2.35. The number of carbonyl (C=O) groups is 2. The highest BCUT2D eigenvalue weighted by atomic mass is 35.5. The molecule has 0 atom stereocenters. The Labute approximate surface area is 223 Å². The minimum Gasteiger partial charge on any atom is -0.481 e. The van der Waals surface area contributed by atoms with E-state index in [1.54, 1.807) is 28.9 Å². The topological polar surface area (TPSA) is 84.2 Å². The number of aryl methyl sites for hydroxylation is 2. The van der Waals surface area contributed by atoms with Crippen LogP contribution in [0.3, 0.4) is 0 Å². The first-order chi connectivity index (χ1) is 17.2. The van der Waals surface area contributed by atoms with Gasteiger partial charge in [0.05, 0.1) is 32.8 Å². The fourth-order valence-corrected chi connectivity index (χ4v) is 5.11. The van der Waals surface area contributed by atoms with Crippen LogP contribution in [0.4, 0.5) is 5.69 Å². The molecule has 0 aliphatic rings. The molecule has 0 bridgehead atoms. The molecule has 0 saturated carbocycles. The van der Waals surface area contributed by atoms with Crippen molar-refractivity contribution in [1.29, 1.82) is 0 Å². The van der Waals surface area contributed by atoms with Gasteiger partial charge in [0.1, 0.15) is 5.69 Å². The van der Waals surface area contributed by atoms with E-state index in [-0.39, 0.29) is 18.1 Å². The van der Waals surface area contributed by atoms with E-state index in [9.17, 15) is 9.59 Å². The number of amides is 1.